The number of likely N-dealkylation sites (tertiary alicyclic amines) is 1. The van der Waals surface area contributed by atoms with Crippen LogP contribution in [0.1, 0.15) is 30.3 Å². The first kappa shape index (κ1) is 17.1. The van der Waals surface area contributed by atoms with Gasteiger partial charge in [0.25, 0.3) is 0 Å². The molecule has 136 valence electrons. The maximum atomic E-state index is 10.4. The van der Waals surface area contributed by atoms with Crippen LogP contribution in [-0.2, 0) is 11.3 Å². The third-order valence-electron chi connectivity index (χ3n) is 4.87. The summed E-state index contributed by atoms with van der Waals surface area (Å²) in [6.07, 6.45) is 3.62. The summed E-state index contributed by atoms with van der Waals surface area (Å²) in [6.45, 7) is 2.40. The minimum absolute atomic E-state index is 0.191. The van der Waals surface area contributed by atoms with Crippen LogP contribution < -0.4 is 0 Å². The molecule has 0 aliphatic carbocycles. The van der Waals surface area contributed by atoms with Gasteiger partial charge in [-0.05, 0) is 37.1 Å². The summed E-state index contributed by atoms with van der Waals surface area (Å²) in [5, 5.41) is 19.1. The van der Waals surface area contributed by atoms with Crippen LogP contribution in [0.2, 0.25) is 0 Å². The monoisotopic (exact) mass is 352 g/mol. The summed E-state index contributed by atoms with van der Waals surface area (Å²) in [5.74, 6) is 0.954. The Morgan fingerprint density at radius 2 is 1.96 bits per heavy atom. The predicted octanol–water partition coefficient (Wildman–Crippen LogP) is 2.44. The van der Waals surface area contributed by atoms with Gasteiger partial charge in [0.1, 0.15) is 0 Å². The number of hydrogen-bond acceptors (Lipinski definition) is 5. The van der Waals surface area contributed by atoms with E-state index in [1.165, 1.54) is 0 Å². The van der Waals surface area contributed by atoms with E-state index in [0.717, 1.165) is 36.4 Å². The zero-order valence-electron chi connectivity index (χ0n) is 14.7. The number of aliphatic hydroxyl groups excluding tert-OH is 1. The number of fused-ring (bicyclic) bond motifs is 1. The smallest absolute Gasteiger partial charge is 0.160 e. The van der Waals surface area contributed by atoms with Crippen molar-refractivity contribution in [2.45, 2.75) is 31.6 Å². The molecule has 4 rings (SSSR count). The van der Waals surface area contributed by atoms with Crippen LogP contribution >= 0.6 is 0 Å². The Morgan fingerprint density at radius 1 is 1.12 bits per heavy atom. The van der Waals surface area contributed by atoms with Crippen LogP contribution in [0.3, 0.4) is 0 Å². The Hall–Kier alpha value is -2.28. The fourth-order valence-corrected chi connectivity index (χ4v) is 3.63. The summed E-state index contributed by atoms with van der Waals surface area (Å²) in [4.78, 5) is 2.29. The van der Waals surface area contributed by atoms with Crippen molar-refractivity contribution in [3.8, 4) is 0 Å². The van der Waals surface area contributed by atoms with Gasteiger partial charge in [0.15, 0.2) is 11.5 Å². The number of nitrogens with zero attached hydrogens (tertiary/aromatic N) is 4. The number of β-amino-alcohol motifs (C(OH)–C–C–N with tert-alkyl or cyclic N) is 1. The van der Waals surface area contributed by atoms with Gasteiger partial charge in [-0.2, -0.15) is 0 Å². The molecule has 0 bridgehead atoms. The van der Waals surface area contributed by atoms with Crippen molar-refractivity contribution < 1.29 is 9.84 Å². The number of benzene rings is 1. The molecule has 0 unspecified atom stereocenters. The highest BCUT2D eigenvalue weighted by Gasteiger charge is 2.31. The molecule has 0 radical (unpaired) electrons. The molecular formula is C20H24N4O2. The molecule has 6 heteroatoms. The van der Waals surface area contributed by atoms with E-state index >= 15 is 0 Å². The van der Waals surface area contributed by atoms with Gasteiger partial charge in [0.05, 0.1) is 25.4 Å². The second kappa shape index (κ2) is 7.95. The number of rotatable bonds is 7. The van der Waals surface area contributed by atoms with Gasteiger partial charge in [-0.25, -0.2) is 0 Å². The average molecular weight is 352 g/mol. The van der Waals surface area contributed by atoms with E-state index < -0.39 is 6.10 Å². The number of aliphatic hydroxyl groups is 1. The van der Waals surface area contributed by atoms with Crippen LogP contribution in [0, 0.1) is 0 Å². The number of hydrogen-bond donors (Lipinski definition) is 1. The Kier molecular flexibility index (Phi) is 5.24. The molecule has 6 nitrogen and oxygen atoms in total. The lowest BCUT2D eigenvalue weighted by molar-refractivity contribution is 0.00716. The standard InChI is InChI=1S/C20H24N4O2/c25-17(15-26-14-16-7-2-1-3-8-16)13-23-11-6-9-18(23)20-22-21-19-10-4-5-12-24(19)20/h1-5,7-8,10,12,17-18,25H,6,9,11,13-15H2/t17-,18-/m0/s1. The normalized spacial score (nSPS) is 19.2. The van der Waals surface area contributed by atoms with Crippen molar-refractivity contribution in [1.29, 1.82) is 0 Å². The molecule has 1 aliphatic heterocycles. The molecule has 1 aliphatic rings. The van der Waals surface area contributed by atoms with Crippen molar-refractivity contribution in [2.24, 2.45) is 0 Å². The molecule has 3 aromatic rings. The Labute approximate surface area is 153 Å². The van der Waals surface area contributed by atoms with E-state index in [1.54, 1.807) is 0 Å². The Balaban J connectivity index is 1.35. The second-order valence-electron chi connectivity index (χ2n) is 6.79. The fourth-order valence-electron chi connectivity index (χ4n) is 3.63. The molecule has 2 aromatic heterocycles. The largest absolute Gasteiger partial charge is 0.389 e. The number of ether oxygens (including phenoxy) is 1. The van der Waals surface area contributed by atoms with Gasteiger partial charge < -0.3 is 9.84 Å². The lowest BCUT2D eigenvalue weighted by Gasteiger charge is -2.25. The van der Waals surface area contributed by atoms with Crippen molar-refractivity contribution in [3.05, 3.63) is 66.1 Å². The molecule has 2 atom stereocenters. The SMILES string of the molecule is O[C@H](COCc1ccccc1)CN1CCC[C@H]1c1nnc2ccccn12. The van der Waals surface area contributed by atoms with E-state index in [2.05, 4.69) is 15.1 Å². The van der Waals surface area contributed by atoms with Gasteiger partial charge in [-0.15, -0.1) is 10.2 Å². The van der Waals surface area contributed by atoms with Crippen LogP contribution in [0.4, 0.5) is 0 Å². The van der Waals surface area contributed by atoms with E-state index in [4.69, 9.17) is 4.74 Å². The highest BCUT2D eigenvalue weighted by molar-refractivity contribution is 5.37. The van der Waals surface area contributed by atoms with Crippen LogP contribution in [-0.4, -0.2) is 50.4 Å². The summed E-state index contributed by atoms with van der Waals surface area (Å²) < 4.78 is 7.72. The van der Waals surface area contributed by atoms with E-state index in [-0.39, 0.29) is 6.04 Å². The van der Waals surface area contributed by atoms with Crippen LogP contribution in [0.25, 0.3) is 5.65 Å². The molecule has 1 saturated heterocycles. The maximum Gasteiger partial charge on any atom is 0.160 e. The molecule has 1 aromatic carbocycles. The topological polar surface area (TPSA) is 62.9 Å². The molecular weight excluding hydrogens is 328 g/mol. The van der Waals surface area contributed by atoms with Crippen molar-refractivity contribution in [2.75, 3.05) is 19.7 Å². The van der Waals surface area contributed by atoms with E-state index in [0.29, 0.717) is 19.8 Å². The lowest BCUT2D eigenvalue weighted by Crippen LogP contribution is -2.35. The van der Waals surface area contributed by atoms with Crippen molar-refractivity contribution in [3.63, 3.8) is 0 Å². The molecule has 26 heavy (non-hydrogen) atoms. The molecule has 0 saturated carbocycles. The zero-order chi connectivity index (χ0) is 17.8. The summed E-state index contributed by atoms with van der Waals surface area (Å²) in [7, 11) is 0. The highest BCUT2D eigenvalue weighted by Crippen LogP contribution is 2.31. The fraction of sp³-hybridized carbons (Fsp3) is 0.400. The number of pyridine rings is 1. The second-order valence-corrected chi connectivity index (χ2v) is 6.79. The van der Waals surface area contributed by atoms with Gasteiger partial charge in [0, 0.05) is 12.7 Å². The third-order valence-corrected chi connectivity index (χ3v) is 4.87. The first-order valence-corrected chi connectivity index (χ1v) is 9.15. The molecule has 1 fully saturated rings. The zero-order valence-corrected chi connectivity index (χ0v) is 14.7. The van der Waals surface area contributed by atoms with Crippen LogP contribution in [0.15, 0.2) is 54.7 Å². The van der Waals surface area contributed by atoms with Crippen LogP contribution in [0.5, 0.6) is 0 Å². The van der Waals surface area contributed by atoms with Crippen molar-refractivity contribution >= 4 is 5.65 Å². The molecule has 3 heterocycles. The summed E-state index contributed by atoms with van der Waals surface area (Å²) in [6, 6.07) is 16.1. The maximum absolute atomic E-state index is 10.4. The molecule has 0 spiro atoms. The minimum atomic E-state index is -0.515. The number of aromatic nitrogens is 3. The first-order chi connectivity index (χ1) is 12.8. The summed E-state index contributed by atoms with van der Waals surface area (Å²) >= 11 is 0. The quantitative estimate of drug-likeness (QED) is 0.708. The summed E-state index contributed by atoms with van der Waals surface area (Å²) in [5.41, 5.74) is 1.98. The van der Waals surface area contributed by atoms with Gasteiger partial charge in [-0.1, -0.05) is 36.4 Å². The minimum Gasteiger partial charge on any atom is -0.389 e. The van der Waals surface area contributed by atoms with Gasteiger partial charge in [-0.3, -0.25) is 9.30 Å². The van der Waals surface area contributed by atoms with Gasteiger partial charge in [0.2, 0.25) is 0 Å². The van der Waals surface area contributed by atoms with E-state index in [1.807, 2.05) is 59.1 Å². The Morgan fingerprint density at radius 3 is 2.85 bits per heavy atom. The third kappa shape index (κ3) is 3.77. The highest BCUT2D eigenvalue weighted by atomic mass is 16.5. The van der Waals surface area contributed by atoms with Gasteiger partial charge >= 0.3 is 0 Å². The van der Waals surface area contributed by atoms with E-state index in [9.17, 15) is 5.11 Å². The molecule has 1 N–H and O–H groups in total. The molecule has 0 amide bonds. The Bertz CT molecular complexity index is 836. The predicted molar refractivity (Wildman–Crippen MR) is 98.6 cm³/mol. The van der Waals surface area contributed by atoms with Crippen molar-refractivity contribution in [1.82, 2.24) is 19.5 Å². The first-order valence-electron chi connectivity index (χ1n) is 9.15. The lowest BCUT2D eigenvalue weighted by atomic mass is 10.2. The average Bonchev–Trinajstić information content (AvgIpc) is 3.29.